The van der Waals surface area contributed by atoms with E-state index in [-0.39, 0.29) is 18.8 Å². The Kier molecular flexibility index (Phi) is 8.87. The first-order valence-corrected chi connectivity index (χ1v) is 14.8. The molecule has 0 radical (unpaired) electrons. The van der Waals surface area contributed by atoms with E-state index in [4.69, 9.17) is 37.4 Å². The summed E-state index contributed by atoms with van der Waals surface area (Å²) in [6.07, 6.45) is 1.78. The Hall–Kier alpha value is -3.85. The Bertz CT molecular complexity index is 1880. The van der Waals surface area contributed by atoms with Crippen LogP contribution in [0.3, 0.4) is 0 Å². The molecular weight excluding hydrogens is 595 g/mol. The normalized spacial score (nSPS) is 14.8. The number of aromatic nitrogens is 1. The van der Waals surface area contributed by atoms with Crippen molar-refractivity contribution in [2.24, 2.45) is 4.99 Å². The zero-order chi connectivity index (χ0) is 30.0. The molecule has 216 valence electrons. The summed E-state index contributed by atoms with van der Waals surface area (Å²) in [5.74, 6) is 0.561. The number of halogens is 2. The number of nitrogens with zero attached hydrogens (tertiary/aromatic N) is 2. The Morgan fingerprint density at radius 3 is 2.48 bits per heavy atom. The van der Waals surface area contributed by atoms with E-state index in [1.54, 1.807) is 55.9 Å². The molecule has 2 heterocycles. The van der Waals surface area contributed by atoms with Gasteiger partial charge in [-0.2, -0.15) is 0 Å². The standard InChI is InChI=1S/C32H28Cl2N2O5S/c1-5-40-31(38)28-19(3)35-32-36(29(28)22-10-6-18(2)7-11-22)30(37)27(42-32)16-20-9-13-25(26(15-20)39-4)41-17-21-8-12-23(33)24(34)14-21/h6-16,29H,5,17H2,1-4H3/b27-16+/t29-/m1/s1. The average Bonchev–Trinajstić information content (AvgIpc) is 3.27. The largest absolute Gasteiger partial charge is 0.493 e. The number of esters is 1. The summed E-state index contributed by atoms with van der Waals surface area (Å²) < 4.78 is 19.0. The predicted molar refractivity (Wildman–Crippen MR) is 165 cm³/mol. The van der Waals surface area contributed by atoms with Gasteiger partial charge in [0.15, 0.2) is 16.3 Å². The summed E-state index contributed by atoms with van der Waals surface area (Å²) in [6, 6.07) is 17.9. The van der Waals surface area contributed by atoms with Crippen LogP contribution in [0.1, 0.15) is 42.1 Å². The molecule has 1 atom stereocenters. The molecule has 1 aromatic heterocycles. The number of ether oxygens (including phenoxy) is 3. The average molecular weight is 624 g/mol. The van der Waals surface area contributed by atoms with Gasteiger partial charge in [-0.1, -0.05) is 76.5 Å². The van der Waals surface area contributed by atoms with E-state index in [1.165, 1.54) is 11.3 Å². The molecule has 4 aromatic rings. The van der Waals surface area contributed by atoms with Gasteiger partial charge in [-0.15, -0.1) is 0 Å². The van der Waals surface area contributed by atoms with Gasteiger partial charge in [-0.3, -0.25) is 9.36 Å². The lowest BCUT2D eigenvalue weighted by atomic mass is 9.95. The fraction of sp³-hybridized carbons (Fsp3) is 0.219. The molecule has 42 heavy (non-hydrogen) atoms. The van der Waals surface area contributed by atoms with Crippen LogP contribution < -0.4 is 24.4 Å². The topological polar surface area (TPSA) is 79.1 Å². The maximum atomic E-state index is 13.9. The first kappa shape index (κ1) is 29.6. The lowest BCUT2D eigenvalue weighted by molar-refractivity contribution is -0.139. The van der Waals surface area contributed by atoms with Gasteiger partial charge >= 0.3 is 5.97 Å². The second kappa shape index (κ2) is 12.6. The van der Waals surface area contributed by atoms with Gasteiger partial charge in [0, 0.05) is 0 Å². The Balaban J connectivity index is 1.52. The van der Waals surface area contributed by atoms with Crippen LogP contribution in [-0.2, 0) is 16.1 Å². The molecular formula is C32H28Cl2N2O5S. The van der Waals surface area contributed by atoms with Crippen molar-refractivity contribution in [2.75, 3.05) is 13.7 Å². The van der Waals surface area contributed by atoms with E-state index in [0.29, 0.717) is 42.1 Å². The highest BCUT2D eigenvalue weighted by Crippen LogP contribution is 2.32. The first-order valence-electron chi connectivity index (χ1n) is 13.2. The van der Waals surface area contributed by atoms with E-state index in [0.717, 1.165) is 22.3 Å². The fourth-order valence-corrected chi connectivity index (χ4v) is 6.06. The molecule has 5 rings (SSSR count). The molecule has 0 bridgehead atoms. The van der Waals surface area contributed by atoms with Crippen molar-refractivity contribution in [3.63, 3.8) is 0 Å². The predicted octanol–water partition coefficient (Wildman–Crippen LogP) is 6.00. The number of fused-ring (bicyclic) bond motifs is 1. The highest BCUT2D eigenvalue weighted by Gasteiger charge is 2.33. The summed E-state index contributed by atoms with van der Waals surface area (Å²) in [4.78, 5) is 32.1. The van der Waals surface area contributed by atoms with E-state index in [2.05, 4.69) is 4.99 Å². The third-order valence-corrected chi connectivity index (χ3v) is 8.50. The van der Waals surface area contributed by atoms with Crippen LogP contribution in [0.25, 0.3) is 6.08 Å². The summed E-state index contributed by atoms with van der Waals surface area (Å²) in [7, 11) is 1.56. The van der Waals surface area contributed by atoms with E-state index < -0.39 is 12.0 Å². The maximum absolute atomic E-state index is 13.9. The van der Waals surface area contributed by atoms with Gasteiger partial charge in [0.25, 0.3) is 5.56 Å². The molecule has 0 N–H and O–H groups in total. The van der Waals surface area contributed by atoms with Gasteiger partial charge in [-0.25, -0.2) is 9.79 Å². The Morgan fingerprint density at radius 1 is 1.02 bits per heavy atom. The second-order valence-corrected chi connectivity index (χ2v) is 11.5. The van der Waals surface area contributed by atoms with Gasteiger partial charge < -0.3 is 14.2 Å². The summed E-state index contributed by atoms with van der Waals surface area (Å²) >= 11 is 13.4. The lowest BCUT2D eigenvalue weighted by Crippen LogP contribution is -2.39. The fourth-order valence-electron chi connectivity index (χ4n) is 4.69. The number of rotatable bonds is 8. The minimum absolute atomic E-state index is 0.218. The molecule has 1 aliphatic heterocycles. The first-order chi connectivity index (χ1) is 20.2. The number of aryl methyl sites for hydroxylation is 1. The van der Waals surface area contributed by atoms with Crippen LogP contribution in [-0.4, -0.2) is 24.3 Å². The number of hydrogen-bond donors (Lipinski definition) is 0. The number of benzene rings is 3. The lowest BCUT2D eigenvalue weighted by Gasteiger charge is -2.24. The Labute approximate surface area is 256 Å². The third-order valence-electron chi connectivity index (χ3n) is 6.77. The molecule has 0 aliphatic carbocycles. The van der Waals surface area contributed by atoms with Crippen LogP contribution >= 0.6 is 34.5 Å². The van der Waals surface area contributed by atoms with E-state index >= 15 is 0 Å². The Morgan fingerprint density at radius 2 is 1.79 bits per heavy atom. The van der Waals surface area contributed by atoms with Crippen LogP contribution in [0.5, 0.6) is 11.5 Å². The minimum atomic E-state index is -0.658. The highest BCUT2D eigenvalue weighted by atomic mass is 35.5. The second-order valence-electron chi connectivity index (χ2n) is 9.66. The van der Waals surface area contributed by atoms with Gasteiger partial charge in [0.2, 0.25) is 0 Å². The smallest absolute Gasteiger partial charge is 0.338 e. The summed E-state index contributed by atoms with van der Waals surface area (Å²) in [5, 5.41) is 0.931. The number of methoxy groups -OCH3 is 1. The van der Waals surface area contributed by atoms with Crippen LogP contribution in [0.2, 0.25) is 10.0 Å². The summed E-state index contributed by atoms with van der Waals surface area (Å²) in [6.45, 7) is 6.00. The monoisotopic (exact) mass is 622 g/mol. The van der Waals surface area contributed by atoms with E-state index in [1.807, 2.05) is 43.3 Å². The zero-order valence-corrected chi connectivity index (χ0v) is 25.8. The van der Waals surface area contributed by atoms with Crippen molar-refractivity contribution in [1.29, 1.82) is 0 Å². The van der Waals surface area contributed by atoms with Crippen molar-refractivity contribution >= 4 is 46.6 Å². The molecule has 0 amide bonds. The quantitative estimate of drug-likeness (QED) is 0.225. The molecule has 0 saturated carbocycles. The van der Waals surface area contributed by atoms with Gasteiger partial charge in [-0.05, 0) is 67.8 Å². The molecule has 0 saturated heterocycles. The van der Waals surface area contributed by atoms with Crippen molar-refractivity contribution in [3.05, 3.63) is 124 Å². The molecule has 7 nitrogen and oxygen atoms in total. The number of carbonyl (C=O) groups is 1. The molecule has 3 aromatic carbocycles. The SMILES string of the molecule is CCOC(=O)C1=C(C)N=c2s/c(=C/c3ccc(OCc4ccc(Cl)c(Cl)c4)c(OC)c3)c(=O)n2[C@@H]1c1ccc(C)cc1. The van der Waals surface area contributed by atoms with Crippen LogP contribution in [0.4, 0.5) is 0 Å². The number of hydrogen-bond acceptors (Lipinski definition) is 7. The zero-order valence-electron chi connectivity index (χ0n) is 23.4. The van der Waals surface area contributed by atoms with Crippen LogP contribution in [0.15, 0.2) is 81.7 Å². The number of thiazole rings is 1. The molecule has 0 unspecified atom stereocenters. The molecule has 0 fully saturated rings. The number of allylic oxidation sites excluding steroid dienone is 1. The highest BCUT2D eigenvalue weighted by molar-refractivity contribution is 7.07. The van der Waals surface area contributed by atoms with Gasteiger partial charge in [0.1, 0.15) is 6.61 Å². The third kappa shape index (κ3) is 6.02. The van der Waals surface area contributed by atoms with Crippen LogP contribution in [0, 0.1) is 6.92 Å². The maximum Gasteiger partial charge on any atom is 0.338 e. The van der Waals surface area contributed by atoms with Crippen molar-refractivity contribution in [2.45, 2.75) is 33.4 Å². The molecule has 1 aliphatic rings. The number of carbonyl (C=O) groups excluding carboxylic acids is 1. The molecule has 0 spiro atoms. The summed E-state index contributed by atoms with van der Waals surface area (Å²) in [5.41, 5.74) is 4.10. The van der Waals surface area contributed by atoms with Crippen molar-refractivity contribution in [1.82, 2.24) is 4.57 Å². The van der Waals surface area contributed by atoms with Crippen molar-refractivity contribution < 1.29 is 19.0 Å². The minimum Gasteiger partial charge on any atom is -0.493 e. The van der Waals surface area contributed by atoms with E-state index in [9.17, 15) is 9.59 Å². The molecule has 10 heteroatoms. The van der Waals surface area contributed by atoms with Crippen molar-refractivity contribution in [3.8, 4) is 11.5 Å². The van der Waals surface area contributed by atoms with Gasteiger partial charge in [0.05, 0.1) is 45.6 Å².